The van der Waals surface area contributed by atoms with Gasteiger partial charge < -0.3 is 20.3 Å². The van der Waals surface area contributed by atoms with Crippen molar-refractivity contribution in [2.45, 2.75) is 12.5 Å². The molecule has 1 aliphatic heterocycles. The van der Waals surface area contributed by atoms with E-state index in [0.717, 1.165) is 32.7 Å². The normalized spacial score (nSPS) is 18.0. The van der Waals surface area contributed by atoms with Crippen molar-refractivity contribution in [3.63, 3.8) is 0 Å². The molecular weight excluding hydrogens is 264 g/mol. The largest absolute Gasteiger partial charge is 0.378 e. The highest BCUT2D eigenvalue weighted by Crippen LogP contribution is 2.07. The molecule has 0 radical (unpaired) electrons. The lowest BCUT2D eigenvalue weighted by Gasteiger charge is -2.28. The fourth-order valence-corrected chi connectivity index (χ4v) is 2.39. The second kappa shape index (κ2) is 8.00. The number of ether oxygens (including phenoxy) is 1. The molecule has 1 fully saturated rings. The number of guanidine groups is 1. The van der Waals surface area contributed by atoms with Crippen LogP contribution in [0.5, 0.6) is 0 Å². The Morgan fingerprint density at radius 2 is 1.95 bits per heavy atom. The monoisotopic (exact) mass is 290 g/mol. The lowest BCUT2D eigenvalue weighted by atomic mass is 10.1. The third kappa shape index (κ3) is 5.02. The minimum atomic E-state index is 0.354. The highest BCUT2D eigenvalue weighted by atomic mass is 16.5. The molecule has 1 aliphatic rings. The highest BCUT2D eigenvalue weighted by molar-refractivity contribution is 5.78. The number of morpholine rings is 1. The van der Waals surface area contributed by atoms with Crippen LogP contribution in [-0.2, 0) is 11.2 Å². The summed E-state index contributed by atoms with van der Waals surface area (Å²) in [6.45, 7) is 3.85. The fourth-order valence-electron chi connectivity index (χ4n) is 2.39. The van der Waals surface area contributed by atoms with Crippen molar-refractivity contribution in [3.05, 3.63) is 35.9 Å². The highest BCUT2D eigenvalue weighted by Gasteiger charge is 2.15. The predicted octanol–water partition coefficient (Wildman–Crippen LogP) is 0.806. The van der Waals surface area contributed by atoms with E-state index in [1.165, 1.54) is 5.56 Å². The molecule has 0 bridgehead atoms. The third-order valence-electron chi connectivity index (χ3n) is 3.84. The summed E-state index contributed by atoms with van der Waals surface area (Å²) in [5.41, 5.74) is 7.42. The molecule has 1 aromatic carbocycles. The smallest absolute Gasteiger partial charge is 0.191 e. The predicted molar refractivity (Wildman–Crippen MR) is 86.5 cm³/mol. The van der Waals surface area contributed by atoms with Gasteiger partial charge in [-0.2, -0.15) is 0 Å². The number of nitrogens with zero attached hydrogens (tertiary/aromatic N) is 3. The molecule has 1 saturated heterocycles. The molecule has 0 saturated carbocycles. The van der Waals surface area contributed by atoms with Gasteiger partial charge in [0.25, 0.3) is 0 Å². The van der Waals surface area contributed by atoms with Gasteiger partial charge in [-0.1, -0.05) is 30.3 Å². The molecule has 5 nitrogen and oxygen atoms in total. The second-order valence-corrected chi connectivity index (χ2v) is 5.61. The zero-order valence-corrected chi connectivity index (χ0v) is 13.0. The van der Waals surface area contributed by atoms with Crippen LogP contribution in [0.15, 0.2) is 35.3 Å². The number of benzene rings is 1. The summed E-state index contributed by atoms with van der Waals surface area (Å²) in [6.07, 6.45) is 0.980. The molecule has 2 N–H and O–H groups in total. The Morgan fingerprint density at radius 3 is 2.57 bits per heavy atom. The molecule has 0 aromatic heterocycles. The van der Waals surface area contributed by atoms with E-state index in [-0.39, 0.29) is 0 Å². The Labute approximate surface area is 127 Å². The van der Waals surface area contributed by atoms with E-state index in [2.05, 4.69) is 53.2 Å². The van der Waals surface area contributed by atoms with Gasteiger partial charge in [0, 0.05) is 19.1 Å². The molecule has 1 heterocycles. The maximum absolute atomic E-state index is 6.09. The summed E-state index contributed by atoms with van der Waals surface area (Å²) in [7, 11) is 4.18. The number of aliphatic imine (C=N–C) groups is 1. The van der Waals surface area contributed by atoms with Gasteiger partial charge in [0.2, 0.25) is 0 Å². The quantitative estimate of drug-likeness (QED) is 0.644. The van der Waals surface area contributed by atoms with Crippen LogP contribution in [0.1, 0.15) is 5.56 Å². The number of hydrogen-bond donors (Lipinski definition) is 1. The maximum Gasteiger partial charge on any atom is 0.191 e. The Balaban J connectivity index is 1.93. The van der Waals surface area contributed by atoms with Gasteiger partial charge in [0.15, 0.2) is 5.96 Å². The van der Waals surface area contributed by atoms with Crippen LogP contribution in [0.3, 0.4) is 0 Å². The van der Waals surface area contributed by atoms with Gasteiger partial charge in [0.05, 0.1) is 19.8 Å². The summed E-state index contributed by atoms with van der Waals surface area (Å²) in [5.74, 6) is 0.637. The van der Waals surface area contributed by atoms with Crippen molar-refractivity contribution in [3.8, 4) is 0 Å². The second-order valence-electron chi connectivity index (χ2n) is 5.61. The van der Waals surface area contributed by atoms with Crippen LogP contribution in [0.4, 0.5) is 0 Å². The van der Waals surface area contributed by atoms with Crippen LogP contribution in [0.2, 0.25) is 0 Å². The number of likely N-dealkylation sites (N-methyl/N-ethyl adjacent to an activating group) is 1. The summed E-state index contributed by atoms with van der Waals surface area (Å²) in [4.78, 5) is 8.90. The van der Waals surface area contributed by atoms with Gasteiger partial charge in [-0.05, 0) is 26.1 Å². The first kappa shape index (κ1) is 15.8. The van der Waals surface area contributed by atoms with E-state index in [1.807, 2.05) is 6.07 Å². The number of nitrogens with two attached hydrogens (primary N) is 1. The van der Waals surface area contributed by atoms with E-state index in [9.17, 15) is 0 Å². The first-order valence-corrected chi connectivity index (χ1v) is 7.50. The molecule has 1 atom stereocenters. The van der Waals surface area contributed by atoms with Crippen molar-refractivity contribution in [2.75, 3.05) is 46.9 Å². The molecule has 21 heavy (non-hydrogen) atoms. The fraction of sp³-hybridized carbons (Fsp3) is 0.562. The van der Waals surface area contributed by atoms with Gasteiger partial charge in [-0.25, -0.2) is 0 Å². The molecule has 0 spiro atoms. The molecule has 2 rings (SSSR count). The van der Waals surface area contributed by atoms with E-state index >= 15 is 0 Å². The molecule has 116 valence electrons. The van der Waals surface area contributed by atoms with E-state index < -0.39 is 0 Å². The third-order valence-corrected chi connectivity index (χ3v) is 3.84. The van der Waals surface area contributed by atoms with Crippen molar-refractivity contribution in [2.24, 2.45) is 10.7 Å². The van der Waals surface area contributed by atoms with Crippen LogP contribution < -0.4 is 5.73 Å². The van der Waals surface area contributed by atoms with Crippen LogP contribution in [0.25, 0.3) is 0 Å². The van der Waals surface area contributed by atoms with Crippen LogP contribution in [0, 0.1) is 0 Å². The number of hydrogen-bond acceptors (Lipinski definition) is 3. The zero-order valence-electron chi connectivity index (χ0n) is 13.0. The van der Waals surface area contributed by atoms with Gasteiger partial charge >= 0.3 is 0 Å². The Hall–Kier alpha value is -1.59. The first-order valence-electron chi connectivity index (χ1n) is 7.50. The summed E-state index contributed by atoms with van der Waals surface area (Å²) >= 11 is 0. The van der Waals surface area contributed by atoms with E-state index in [0.29, 0.717) is 18.5 Å². The summed E-state index contributed by atoms with van der Waals surface area (Å²) in [6, 6.07) is 10.9. The SMILES string of the molecule is CN(C)C(CN=C(N)N1CCOCC1)Cc1ccccc1. The Kier molecular flexibility index (Phi) is 6.02. The van der Waals surface area contributed by atoms with Gasteiger partial charge in [0.1, 0.15) is 0 Å². The average Bonchev–Trinajstić information content (AvgIpc) is 2.52. The Bertz CT molecular complexity index is 441. The first-order chi connectivity index (χ1) is 10.2. The van der Waals surface area contributed by atoms with E-state index in [4.69, 9.17) is 10.5 Å². The molecular formula is C16H26N4O. The molecule has 0 aliphatic carbocycles. The van der Waals surface area contributed by atoms with E-state index in [1.54, 1.807) is 0 Å². The van der Waals surface area contributed by atoms with Crippen molar-refractivity contribution >= 4 is 5.96 Å². The molecule has 0 amide bonds. The van der Waals surface area contributed by atoms with Crippen molar-refractivity contribution < 1.29 is 4.74 Å². The topological polar surface area (TPSA) is 54.1 Å². The molecule has 5 heteroatoms. The summed E-state index contributed by atoms with van der Waals surface area (Å²) < 4.78 is 5.33. The average molecular weight is 290 g/mol. The van der Waals surface area contributed by atoms with Gasteiger partial charge in [-0.15, -0.1) is 0 Å². The van der Waals surface area contributed by atoms with Crippen LogP contribution >= 0.6 is 0 Å². The van der Waals surface area contributed by atoms with Crippen molar-refractivity contribution in [1.82, 2.24) is 9.80 Å². The summed E-state index contributed by atoms with van der Waals surface area (Å²) in [5, 5.41) is 0. The van der Waals surface area contributed by atoms with Crippen LogP contribution in [-0.4, -0.2) is 68.7 Å². The lowest BCUT2D eigenvalue weighted by molar-refractivity contribution is 0.0673. The number of rotatable bonds is 5. The molecule has 1 unspecified atom stereocenters. The standard InChI is InChI=1S/C16H26N4O/c1-19(2)15(12-14-6-4-3-5-7-14)13-18-16(17)20-8-10-21-11-9-20/h3-7,15H,8-13H2,1-2H3,(H2,17,18). The maximum atomic E-state index is 6.09. The minimum Gasteiger partial charge on any atom is -0.378 e. The Morgan fingerprint density at radius 1 is 1.29 bits per heavy atom. The zero-order chi connectivity index (χ0) is 15.1. The molecule has 1 aromatic rings. The van der Waals surface area contributed by atoms with Crippen molar-refractivity contribution in [1.29, 1.82) is 0 Å². The minimum absolute atomic E-state index is 0.354. The lowest BCUT2D eigenvalue weighted by Crippen LogP contribution is -2.45. The van der Waals surface area contributed by atoms with Gasteiger partial charge in [-0.3, -0.25) is 4.99 Å².